The molecule has 1 heterocycles. The van der Waals surface area contributed by atoms with Crippen LogP contribution >= 0.6 is 0 Å². The molecule has 3 heteroatoms. The van der Waals surface area contributed by atoms with Crippen molar-refractivity contribution in [2.45, 2.75) is 20.8 Å². The van der Waals surface area contributed by atoms with Crippen LogP contribution in [0.5, 0.6) is 0 Å². The smallest absolute Gasteiger partial charge is 0.260 e. The van der Waals surface area contributed by atoms with Crippen molar-refractivity contribution in [1.29, 1.82) is 0 Å². The summed E-state index contributed by atoms with van der Waals surface area (Å²) >= 11 is 0. The molecular weight excluding hydrogens is 224 g/mol. The maximum absolute atomic E-state index is 12.4. The minimum atomic E-state index is 0.116. The van der Waals surface area contributed by atoms with Gasteiger partial charge < -0.3 is 9.80 Å². The zero-order valence-corrected chi connectivity index (χ0v) is 11.3. The summed E-state index contributed by atoms with van der Waals surface area (Å²) in [6, 6.07) is 8.01. The molecule has 0 saturated heterocycles. The molecule has 1 aliphatic heterocycles. The van der Waals surface area contributed by atoms with Gasteiger partial charge in [-0.05, 0) is 26.8 Å². The quantitative estimate of drug-likeness (QED) is 0.760. The zero-order valence-electron chi connectivity index (χ0n) is 11.3. The van der Waals surface area contributed by atoms with Crippen molar-refractivity contribution >= 4 is 17.2 Å². The van der Waals surface area contributed by atoms with Crippen LogP contribution in [0.25, 0.3) is 5.57 Å². The Morgan fingerprint density at radius 3 is 2.44 bits per heavy atom. The molecule has 96 valence electrons. The second-order valence-corrected chi connectivity index (χ2v) is 4.33. The van der Waals surface area contributed by atoms with E-state index < -0.39 is 0 Å². The Labute approximate surface area is 109 Å². The average molecular weight is 244 g/mol. The molecule has 0 bridgehead atoms. The van der Waals surface area contributed by atoms with Crippen molar-refractivity contribution < 1.29 is 4.79 Å². The first-order valence-electron chi connectivity index (χ1n) is 6.60. The number of hydrogen-bond donors (Lipinski definition) is 0. The Bertz CT molecular complexity index is 475. The van der Waals surface area contributed by atoms with Gasteiger partial charge in [-0.25, -0.2) is 0 Å². The van der Waals surface area contributed by atoms with Crippen molar-refractivity contribution in [2.24, 2.45) is 0 Å². The molecule has 1 aliphatic rings. The van der Waals surface area contributed by atoms with Gasteiger partial charge in [0, 0.05) is 31.4 Å². The molecule has 0 fully saturated rings. The normalized spacial score (nSPS) is 16.3. The Kier molecular flexibility index (Phi) is 3.70. The highest BCUT2D eigenvalue weighted by Crippen LogP contribution is 2.36. The molecule has 0 spiro atoms. The number of nitrogens with zero attached hydrogens (tertiary/aromatic N) is 2. The number of benzene rings is 1. The molecule has 18 heavy (non-hydrogen) atoms. The van der Waals surface area contributed by atoms with Crippen LogP contribution < -0.4 is 4.90 Å². The molecule has 1 aromatic rings. The third-order valence-corrected chi connectivity index (χ3v) is 3.40. The van der Waals surface area contributed by atoms with E-state index >= 15 is 0 Å². The van der Waals surface area contributed by atoms with Gasteiger partial charge in [-0.2, -0.15) is 0 Å². The fourth-order valence-corrected chi connectivity index (χ4v) is 2.33. The second kappa shape index (κ2) is 5.25. The Morgan fingerprint density at radius 1 is 1.17 bits per heavy atom. The molecule has 2 rings (SSSR count). The number of amides is 1. The van der Waals surface area contributed by atoms with Crippen molar-refractivity contribution in [3.63, 3.8) is 0 Å². The molecule has 0 radical (unpaired) electrons. The van der Waals surface area contributed by atoms with E-state index in [0.717, 1.165) is 29.9 Å². The number of anilines is 1. The van der Waals surface area contributed by atoms with Gasteiger partial charge >= 0.3 is 0 Å². The summed E-state index contributed by atoms with van der Waals surface area (Å²) in [7, 11) is 0. The van der Waals surface area contributed by atoms with Crippen molar-refractivity contribution in [1.82, 2.24) is 4.90 Å². The highest BCUT2D eigenvalue weighted by atomic mass is 16.2. The Morgan fingerprint density at radius 2 is 1.83 bits per heavy atom. The Balaban J connectivity index is 2.47. The number of carbonyl (C=O) groups is 1. The largest absolute Gasteiger partial charge is 0.377 e. The van der Waals surface area contributed by atoms with Crippen LogP contribution in [-0.2, 0) is 4.79 Å². The first-order chi connectivity index (χ1) is 8.72. The number of likely N-dealkylation sites (N-methyl/N-ethyl adjacent to an activating group) is 1. The fraction of sp³-hybridized carbons (Fsp3) is 0.400. The lowest BCUT2D eigenvalue weighted by molar-refractivity contribution is -0.113. The highest BCUT2D eigenvalue weighted by Gasteiger charge is 2.31. The van der Waals surface area contributed by atoms with E-state index in [2.05, 4.69) is 18.7 Å². The summed E-state index contributed by atoms with van der Waals surface area (Å²) < 4.78 is 0. The predicted octanol–water partition coefficient (Wildman–Crippen LogP) is 2.74. The van der Waals surface area contributed by atoms with E-state index in [0.29, 0.717) is 6.54 Å². The minimum Gasteiger partial charge on any atom is -0.377 e. The van der Waals surface area contributed by atoms with Crippen LogP contribution in [0.1, 0.15) is 26.3 Å². The lowest BCUT2D eigenvalue weighted by Crippen LogP contribution is -2.26. The molecule has 1 amide bonds. The van der Waals surface area contributed by atoms with Crippen LogP contribution in [0, 0.1) is 0 Å². The SMILES string of the molecule is CCN(C=C1C(=O)N(CC)c2ccccc21)CC. The Hall–Kier alpha value is -1.77. The number of carbonyl (C=O) groups excluding carboxylic acids is 1. The molecule has 0 atom stereocenters. The first kappa shape index (κ1) is 12.7. The van der Waals surface area contributed by atoms with Gasteiger partial charge in [-0.15, -0.1) is 0 Å². The molecule has 0 aromatic heterocycles. The molecule has 3 nitrogen and oxygen atoms in total. The summed E-state index contributed by atoms with van der Waals surface area (Å²) in [5.41, 5.74) is 2.90. The zero-order chi connectivity index (χ0) is 13.1. The topological polar surface area (TPSA) is 23.6 Å². The molecular formula is C15H20N2O. The van der Waals surface area contributed by atoms with E-state index in [4.69, 9.17) is 0 Å². The summed E-state index contributed by atoms with van der Waals surface area (Å²) in [5.74, 6) is 0.116. The van der Waals surface area contributed by atoms with Crippen LogP contribution in [-0.4, -0.2) is 30.4 Å². The molecule has 0 N–H and O–H groups in total. The first-order valence-corrected chi connectivity index (χ1v) is 6.60. The van der Waals surface area contributed by atoms with E-state index in [1.807, 2.05) is 42.3 Å². The van der Waals surface area contributed by atoms with Crippen molar-refractivity contribution in [2.75, 3.05) is 24.5 Å². The van der Waals surface area contributed by atoms with Gasteiger partial charge in [0.2, 0.25) is 0 Å². The highest BCUT2D eigenvalue weighted by molar-refractivity contribution is 6.32. The molecule has 0 unspecified atom stereocenters. The number of rotatable bonds is 4. The van der Waals surface area contributed by atoms with Gasteiger partial charge in [0.05, 0.1) is 11.3 Å². The third kappa shape index (κ3) is 2.01. The fourth-order valence-electron chi connectivity index (χ4n) is 2.33. The standard InChI is InChI=1S/C15H20N2O/c1-4-16(5-2)11-13-12-9-7-8-10-14(12)17(6-3)15(13)18/h7-11H,4-6H2,1-3H3. The molecule has 0 saturated carbocycles. The number of para-hydroxylation sites is 1. The van der Waals surface area contributed by atoms with E-state index in [9.17, 15) is 4.79 Å². The lowest BCUT2D eigenvalue weighted by Gasteiger charge is -2.16. The maximum atomic E-state index is 12.4. The molecule has 0 aliphatic carbocycles. The van der Waals surface area contributed by atoms with E-state index in [1.54, 1.807) is 0 Å². The van der Waals surface area contributed by atoms with Crippen LogP contribution in [0.2, 0.25) is 0 Å². The van der Waals surface area contributed by atoms with E-state index in [-0.39, 0.29) is 5.91 Å². The summed E-state index contributed by atoms with van der Waals surface area (Å²) in [5, 5.41) is 0. The maximum Gasteiger partial charge on any atom is 0.260 e. The van der Waals surface area contributed by atoms with Crippen LogP contribution in [0.3, 0.4) is 0 Å². The number of fused-ring (bicyclic) bond motifs is 1. The third-order valence-electron chi connectivity index (χ3n) is 3.40. The second-order valence-electron chi connectivity index (χ2n) is 4.33. The van der Waals surface area contributed by atoms with Gasteiger partial charge in [0.1, 0.15) is 0 Å². The van der Waals surface area contributed by atoms with Crippen LogP contribution in [0.15, 0.2) is 30.5 Å². The summed E-state index contributed by atoms with van der Waals surface area (Å²) in [6.07, 6.45) is 2.00. The van der Waals surface area contributed by atoms with E-state index in [1.165, 1.54) is 0 Å². The average Bonchev–Trinajstić information content (AvgIpc) is 2.68. The van der Waals surface area contributed by atoms with Gasteiger partial charge in [-0.1, -0.05) is 18.2 Å². The van der Waals surface area contributed by atoms with Gasteiger partial charge in [0.15, 0.2) is 0 Å². The van der Waals surface area contributed by atoms with Crippen molar-refractivity contribution in [3.8, 4) is 0 Å². The lowest BCUT2D eigenvalue weighted by atomic mass is 10.1. The minimum absolute atomic E-state index is 0.116. The monoisotopic (exact) mass is 244 g/mol. The summed E-state index contributed by atoms with van der Waals surface area (Å²) in [4.78, 5) is 16.4. The summed E-state index contributed by atoms with van der Waals surface area (Å²) in [6.45, 7) is 8.76. The van der Waals surface area contributed by atoms with Gasteiger partial charge in [-0.3, -0.25) is 4.79 Å². The van der Waals surface area contributed by atoms with Crippen LogP contribution in [0.4, 0.5) is 5.69 Å². The number of hydrogen-bond acceptors (Lipinski definition) is 2. The van der Waals surface area contributed by atoms with Crippen molar-refractivity contribution in [3.05, 3.63) is 36.0 Å². The molecule has 1 aromatic carbocycles. The predicted molar refractivity (Wildman–Crippen MR) is 75.4 cm³/mol. The van der Waals surface area contributed by atoms with Gasteiger partial charge in [0.25, 0.3) is 5.91 Å².